The van der Waals surface area contributed by atoms with Crippen molar-refractivity contribution in [2.75, 3.05) is 0 Å². The summed E-state index contributed by atoms with van der Waals surface area (Å²) >= 11 is 0. The SMILES string of the molecule is CCCC=C1B([N+](=C(C)C)C(C)C)C(CCC)=C(c2c(F)c(F)c(F)c(F)c2F)[B-]1(c1c(F)c(F)c(F)c(F)c1F)c1c(F)c(F)c(F)c(F)c1F. The molecule has 0 saturated carbocycles. The lowest BCUT2D eigenvalue weighted by Crippen LogP contribution is -2.67. The van der Waals surface area contributed by atoms with Gasteiger partial charge in [-0.25, -0.2) is 65.9 Å². The molecule has 4 rings (SSSR count). The first-order valence-corrected chi connectivity index (χ1v) is 15.9. The van der Waals surface area contributed by atoms with Gasteiger partial charge in [0, 0.05) is 19.4 Å². The van der Waals surface area contributed by atoms with Crippen LogP contribution in [0.3, 0.4) is 0 Å². The summed E-state index contributed by atoms with van der Waals surface area (Å²) in [7, 11) is 0. The van der Waals surface area contributed by atoms with Gasteiger partial charge in [0.25, 0.3) is 0 Å². The Morgan fingerprint density at radius 1 is 0.558 bits per heavy atom. The molecule has 1 aliphatic heterocycles. The number of hydrogen-bond acceptors (Lipinski definition) is 0. The number of halogens is 15. The second kappa shape index (κ2) is 14.7. The summed E-state index contributed by atoms with van der Waals surface area (Å²) in [6, 6.07) is -0.830. The summed E-state index contributed by atoms with van der Waals surface area (Å²) in [5, 5.41) is -0.898. The van der Waals surface area contributed by atoms with E-state index < -0.39 is 146 Å². The van der Waals surface area contributed by atoms with Crippen molar-refractivity contribution in [3.8, 4) is 0 Å². The van der Waals surface area contributed by atoms with Crippen LogP contribution in [0.25, 0.3) is 5.47 Å². The highest BCUT2D eigenvalue weighted by molar-refractivity contribution is 7.28. The molecule has 280 valence electrons. The molecule has 0 aliphatic carbocycles. The Labute approximate surface area is 288 Å². The van der Waals surface area contributed by atoms with Gasteiger partial charge in [0.1, 0.15) is 41.2 Å². The summed E-state index contributed by atoms with van der Waals surface area (Å²) in [5.41, 5.74) is -8.86. The normalized spacial score (nSPS) is 15.2. The van der Waals surface area contributed by atoms with Crippen LogP contribution < -0.4 is 10.9 Å². The van der Waals surface area contributed by atoms with Crippen molar-refractivity contribution in [2.24, 2.45) is 0 Å². The minimum atomic E-state index is -5.36. The maximum Gasteiger partial charge on any atom is 0.503 e. The van der Waals surface area contributed by atoms with E-state index in [1.54, 1.807) is 0 Å². The molecule has 0 spiro atoms. The maximum absolute atomic E-state index is 16.4. The second-order valence-corrected chi connectivity index (χ2v) is 12.8. The zero-order chi connectivity index (χ0) is 39.5. The van der Waals surface area contributed by atoms with E-state index in [9.17, 15) is 13.2 Å². The van der Waals surface area contributed by atoms with E-state index in [-0.39, 0.29) is 25.0 Å². The molecule has 1 nitrogen and oxygen atoms in total. The first-order chi connectivity index (χ1) is 24.2. The summed E-state index contributed by atoms with van der Waals surface area (Å²) in [6.45, 7) is 6.76. The van der Waals surface area contributed by atoms with Crippen LogP contribution in [0.2, 0.25) is 0 Å². The van der Waals surface area contributed by atoms with Crippen molar-refractivity contribution in [3.63, 3.8) is 0 Å². The van der Waals surface area contributed by atoms with Crippen LogP contribution in [0.15, 0.2) is 16.9 Å². The third-order valence-corrected chi connectivity index (χ3v) is 9.30. The molecule has 0 unspecified atom stereocenters. The van der Waals surface area contributed by atoms with Gasteiger partial charge in [-0.15, -0.1) is 17.0 Å². The van der Waals surface area contributed by atoms with Gasteiger partial charge in [0.05, 0.1) is 0 Å². The van der Waals surface area contributed by atoms with Crippen molar-refractivity contribution in [1.29, 1.82) is 0 Å². The molecule has 0 aromatic heterocycles. The quantitative estimate of drug-likeness (QED) is 0.0674. The molecule has 0 radical (unpaired) electrons. The van der Waals surface area contributed by atoms with Gasteiger partial charge < -0.3 is 4.49 Å². The van der Waals surface area contributed by atoms with Gasteiger partial charge in [-0.1, -0.05) is 32.2 Å². The molecule has 1 aliphatic rings. The van der Waals surface area contributed by atoms with Crippen LogP contribution in [-0.2, 0) is 0 Å². The Bertz CT molecular complexity index is 1930. The first kappa shape index (κ1) is 40.7. The smallest absolute Gasteiger partial charge is 0.315 e. The van der Waals surface area contributed by atoms with Crippen LogP contribution in [0.1, 0.15) is 72.8 Å². The Morgan fingerprint density at radius 3 is 1.21 bits per heavy atom. The van der Waals surface area contributed by atoms with Gasteiger partial charge in [-0.2, -0.15) is 10.8 Å². The largest absolute Gasteiger partial charge is 0.503 e. The Balaban J connectivity index is 2.68. The standard InChI is InChI=1S/C34H28B2F15N/c1-7-9-11-15-35(52(12(3)4)13(5)6)14(10-8-2)17(16-20(37)26(43)32(49)27(44)21(16)38)36(15,18-22(39)28(45)33(50)29(46)23(18)40)19-24(41)30(47)34(51)31(48)25(19)42/h11-12H,7-10H2,1-6H3. The number of unbranched alkanes of at least 4 members (excludes halogenated alkanes) is 1. The van der Waals surface area contributed by atoms with Crippen molar-refractivity contribution in [2.45, 2.75) is 73.3 Å². The minimum absolute atomic E-state index is 0.0219. The van der Waals surface area contributed by atoms with Gasteiger partial charge in [0.2, 0.25) is 5.82 Å². The lowest BCUT2D eigenvalue weighted by molar-refractivity contribution is -0.426. The molecule has 3 aromatic rings. The lowest BCUT2D eigenvalue weighted by Gasteiger charge is -2.44. The minimum Gasteiger partial charge on any atom is -0.315 e. The van der Waals surface area contributed by atoms with Crippen molar-refractivity contribution < 1.29 is 70.3 Å². The highest BCUT2D eigenvalue weighted by Gasteiger charge is 2.60. The molecule has 0 amide bonds. The summed E-state index contributed by atoms with van der Waals surface area (Å²) in [5.74, 6) is -42.5. The number of benzene rings is 3. The van der Waals surface area contributed by atoms with Gasteiger partial charge in [0.15, 0.2) is 58.2 Å². The fourth-order valence-electron chi connectivity index (χ4n) is 7.56. The molecular weight excluding hydrogens is 729 g/mol. The molecule has 0 N–H and O–H groups in total. The van der Waals surface area contributed by atoms with E-state index in [1.165, 1.54) is 46.0 Å². The number of nitrogens with zero attached hydrogens (tertiary/aromatic N) is 1. The molecule has 3 aromatic carbocycles. The Morgan fingerprint density at radius 2 is 0.904 bits per heavy atom. The predicted octanol–water partition coefficient (Wildman–Crippen LogP) is 9.38. The van der Waals surface area contributed by atoms with Gasteiger partial charge >= 0.3 is 6.85 Å². The van der Waals surface area contributed by atoms with E-state index >= 15 is 52.7 Å². The lowest BCUT2D eigenvalue weighted by atomic mass is 9.09. The molecule has 0 fully saturated rings. The topological polar surface area (TPSA) is 3.01 Å². The monoisotopic (exact) mass is 757 g/mol. The molecule has 1 heterocycles. The van der Waals surface area contributed by atoms with E-state index in [4.69, 9.17) is 0 Å². The average molecular weight is 757 g/mol. The zero-order valence-electron chi connectivity index (χ0n) is 28.3. The maximum atomic E-state index is 16.4. The highest BCUT2D eigenvalue weighted by atomic mass is 19.2. The first-order valence-electron chi connectivity index (χ1n) is 15.9. The van der Waals surface area contributed by atoms with E-state index in [0.717, 1.165) is 6.08 Å². The van der Waals surface area contributed by atoms with E-state index in [0.29, 0.717) is 0 Å². The molecule has 52 heavy (non-hydrogen) atoms. The number of rotatable bonds is 9. The third-order valence-electron chi connectivity index (χ3n) is 9.30. The van der Waals surface area contributed by atoms with Crippen molar-refractivity contribution >= 4 is 35.1 Å². The summed E-state index contributed by atoms with van der Waals surface area (Å²) < 4.78 is 234. The van der Waals surface area contributed by atoms with Gasteiger partial charge in [-0.05, 0) is 26.7 Å². The molecule has 18 heteroatoms. The molecule has 0 atom stereocenters. The molecule has 0 saturated heterocycles. The Kier molecular flexibility index (Phi) is 11.5. The van der Waals surface area contributed by atoms with Crippen LogP contribution in [0.4, 0.5) is 65.9 Å². The fraction of sp³-hybridized carbons (Fsp3) is 0.324. The average Bonchev–Trinajstić information content (AvgIpc) is 3.34. The van der Waals surface area contributed by atoms with Crippen molar-refractivity contribution in [3.05, 3.63) is 110 Å². The molecular formula is C34H28B2F15N. The molecule has 0 bridgehead atoms. The number of hydrogen-bond donors (Lipinski definition) is 0. The summed E-state index contributed by atoms with van der Waals surface area (Å²) in [4.78, 5) is 0. The summed E-state index contributed by atoms with van der Waals surface area (Å²) in [6.07, 6.45) is -5.54. The third kappa shape index (κ3) is 5.74. The van der Waals surface area contributed by atoms with E-state index in [1.807, 2.05) is 0 Å². The van der Waals surface area contributed by atoms with Crippen LogP contribution >= 0.6 is 0 Å². The van der Waals surface area contributed by atoms with Crippen LogP contribution in [0, 0.1) is 87.3 Å². The van der Waals surface area contributed by atoms with Crippen LogP contribution in [-0.4, -0.2) is 29.2 Å². The predicted molar refractivity (Wildman–Crippen MR) is 166 cm³/mol. The zero-order valence-corrected chi connectivity index (χ0v) is 28.3. The second-order valence-electron chi connectivity index (χ2n) is 12.8. The van der Waals surface area contributed by atoms with E-state index in [2.05, 4.69) is 0 Å². The fourth-order valence-corrected chi connectivity index (χ4v) is 7.56. The van der Waals surface area contributed by atoms with Gasteiger partial charge in [-0.3, -0.25) is 0 Å². The van der Waals surface area contributed by atoms with Crippen LogP contribution in [0.5, 0.6) is 0 Å². The highest BCUT2D eigenvalue weighted by Crippen LogP contribution is 2.49. The Hall–Kier alpha value is -4.11. The van der Waals surface area contributed by atoms with Crippen molar-refractivity contribution in [1.82, 2.24) is 0 Å². The number of allylic oxidation sites excluding steroid dienone is 2.